The molecule has 3 heteroatoms. The minimum absolute atomic E-state index is 0.131. The summed E-state index contributed by atoms with van der Waals surface area (Å²) in [5.74, 6) is 0. The zero-order valence-electron chi connectivity index (χ0n) is 9.84. The number of likely N-dealkylation sites (N-methyl/N-ethyl adjacent to an activating group) is 1. The quantitative estimate of drug-likeness (QED) is 0.834. The van der Waals surface area contributed by atoms with Crippen LogP contribution in [0.1, 0.15) is 25.0 Å². The Balaban J connectivity index is 1.81. The maximum Gasteiger partial charge on any atom is 0.0695 e. The second-order valence-corrected chi connectivity index (χ2v) is 4.62. The van der Waals surface area contributed by atoms with Gasteiger partial charge in [-0.1, -0.05) is 6.07 Å². The van der Waals surface area contributed by atoms with Crippen LogP contribution in [-0.2, 0) is 6.42 Å². The summed E-state index contributed by atoms with van der Waals surface area (Å²) in [6, 6.07) is 6.36. The van der Waals surface area contributed by atoms with E-state index in [9.17, 15) is 5.11 Å². The van der Waals surface area contributed by atoms with E-state index in [1.807, 2.05) is 18.3 Å². The molecule has 16 heavy (non-hydrogen) atoms. The van der Waals surface area contributed by atoms with Crippen molar-refractivity contribution < 1.29 is 5.11 Å². The number of nitrogens with zero attached hydrogens (tertiary/aromatic N) is 2. The number of hydrogen-bond acceptors (Lipinski definition) is 3. The van der Waals surface area contributed by atoms with E-state index in [1.54, 1.807) is 0 Å². The van der Waals surface area contributed by atoms with E-state index in [0.29, 0.717) is 6.04 Å². The van der Waals surface area contributed by atoms with Crippen molar-refractivity contribution in [2.24, 2.45) is 0 Å². The van der Waals surface area contributed by atoms with E-state index in [0.717, 1.165) is 37.9 Å². The minimum atomic E-state index is -0.131. The van der Waals surface area contributed by atoms with Crippen LogP contribution in [-0.4, -0.2) is 40.7 Å². The molecule has 0 aliphatic heterocycles. The Bertz CT molecular complexity index is 315. The zero-order chi connectivity index (χ0) is 11.4. The number of pyridine rings is 1. The lowest BCUT2D eigenvalue weighted by atomic mass is 10.1. The van der Waals surface area contributed by atoms with E-state index in [1.165, 1.54) is 0 Å². The molecule has 2 atom stereocenters. The van der Waals surface area contributed by atoms with Crippen LogP contribution in [0.25, 0.3) is 0 Å². The molecule has 0 unspecified atom stereocenters. The van der Waals surface area contributed by atoms with Gasteiger partial charge in [0.05, 0.1) is 6.10 Å². The summed E-state index contributed by atoms with van der Waals surface area (Å²) >= 11 is 0. The van der Waals surface area contributed by atoms with Crippen molar-refractivity contribution in [1.29, 1.82) is 0 Å². The van der Waals surface area contributed by atoms with Crippen LogP contribution in [0, 0.1) is 0 Å². The smallest absolute Gasteiger partial charge is 0.0695 e. The molecule has 0 amide bonds. The molecule has 0 bridgehead atoms. The van der Waals surface area contributed by atoms with Gasteiger partial charge in [-0.15, -0.1) is 0 Å². The van der Waals surface area contributed by atoms with Crippen molar-refractivity contribution >= 4 is 0 Å². The Morgan fingerprint density at radius 1 is 1.44 bits per heavy atom. The Hall–Kier alpha value is -0.930. The van der Waals surface area contributed by atoms with Crippen LogP contribution in [0.2, 0.25) is 0 Å². The van der Waals surface area contributed by atoms with Gasteiger partial charge in [-0.3, -0.25) is 4.98 Å². The largest absolute Gasteiger partial charge is 0.391 e. The molecule has 0 spiro atoms. The van der Waals surface area contributed by atoms with E-state index >= 15 is 0 Å². The summed E-state index contributed by atoms with van der Waals surface area (Å²) in [5, 5.41) is 9.80. The summed E-state index contributed by atoms with van der Waals surface area (Å²) in [6.07, 6.45) is 5.90. The Kier molecular flexibility index (Phi) is 3.91. The first-order valence-corrected chi connectivity index (χ1v) is 6.05. The predicted octanol–water partition coefficient (Wildman–Crippen LogP) is 1.47. The highest BCUT2D eigenvalue weighted by Gasteiger charge is 2.28. The fourth-order valence-corrected chi connectivity index (χ4v) is 2.44. The number of aliphatic hydroxyl groups excluding tert-OH is 1. The zero-order valence-corrected chi connectivity index (χ0v) is 9.84. The lowest BCUT2D eigenvalue weighted by molar-refractivity contribution is 0.0868. The van der Waals surface area contributed by atoms with Crippen LogP contribution in [0.4, 0.5) is 0 Å². The molecule has 0 aromatic carbocycles. The Labute approximate surface area is 97.1 Å². The van der Waals surface area contributed by atoms with Crippen molar-refractivity contribution in [3.05, 3.63) is 30.1 Å². The maximum atomic E-state index is 9.80. The molecule has 1 heterocycles. The van der Waals surface area contributed by atoms with Gasteiger partial charge in [-0.2, -0.15) is 0 Å². The van der Waals surface area contributed by atoms with Gasteiger partial charge in [-0.05, 0) is 38.4 Å². The van der Waals surface area contributed by atoms with Crippen LogP contribution >= 0.6 is 0 Å². The summed E-state index contributed by atoms with van der Waals surface area (Å²) in [4.78, 5) is 6.58. The van der Waals surface area contributed by atoms with Gasteiger partial charge < -0.3 is 10.0 Å². The van der Waals surface area contributed by atoms with Crippen LogP contribution in [0.5, 0.6) is 0 Å². The van der Waals surface area contributed by atoms with Crippen molar-refractivity contribution in [1.82, 2.24) is 9.88 Å². The molecule has 1 aromatic rings. The summed E-state index contributed by atoms with van der Waals surface area (Å²) < 4.78 is 0. The third-order valence-electron chi connectivity index (χ3n) is 3.46. The number of hydrogen-bond donors (Lipinski definition) is 1. The molecule has 3 nitrogen and oxygen atoms in total. The van der Waals surface area contributed by atoms with E-state index in [2.05, 4.69) is 23.0 Å². The van der Waals surface area contributed by atoms with Crippen LogP contribution < -0.4 is 0 Å². The Morgan fingerprint density at radius 3 is 2.94 bits per heavy atom. The summed E-state index contributed by atoms with van der Waals surface area (Å²) in [7, 11) is 2.10. The summed E-state index contributed by atoms with van der Waals surface area (Å²) in [6.45, 7) is 0.971. The van der Waals surface area contributed by atoms with Gasteiger partial charge >= 0.3 is 0 Å². The maximum absolute atomic E-state index is 9.80. The highest BCUT2D eigenvalue weighted by Crippen LogP contribution is 2.23. The Morgan fingerprint density at radius 2 is 2.31 bits per heavy atom. The standard InChI is InChI=1S/C13H20N2O/c1-15(12-6-4-7-13(12)16)10-8-11-5-2-3-9-14-11/h2-3,5,9,12-13,16H,4,6-8,10H2,1H3/t12-,13-/m1/s1. The first kappa shape index (κ1) is 11.6. The fraction of sp³-hybridized carbons (Fsp3) is 0.615. The second kappa shape index (κ2) is 5.41. The average molecular weight is 220 g/mol. The number of rotatable bonds is 4. The molecule has 1 aromatic heterocycles. The molecule has 0 radical (unpaired) electrons. The van der Waals surface area contributed by atoms with Crippen molar-refractivity contribution in [2.45, 2.75) is 37.8 Å². The highest BCUT2D eigenvalue weighted by molar-refractivity contribution is 5.03. The fourth-order valence-electron chi connectivity index (χ4n) is 2.44. The SMILES string of the molecule is CN(CCc1ccccn1)[C@@H]1CCC[C@H]1O. The van der Waals surface area contributed by atoms with E-state index in [-0.39, 0.29) is 6.10 Å². The van der Waals surface area contributed by atoms with E-state index < -0.39 is 0 Å². The second-order valence-electron chi connectivity index (χ2n) is 4.62. The molecule has 1 N–H and O–H groups in total. The molecule has 1 aliphatic rings. The molecule has 2 rings (SSSR count). The van der Waals surface area contributed by atoms with Gasteiger partial charge in [0.2, 0.25) is 0 Å². The molecule has 88 valence electrons. The minimum Gasteiger partial charge on any atom is -0.391 e. The molecular formula is C13H20N2O. The molecule has 0 saturated heterocycles. The van der Waals surface area contributed by atoms with Gasteiger partial charge in [0.15, 0.2) is 0 Å². The molecule has 1 aliphatic carbocycles. The van der Waals surface area contributed by atoms with Gasteiger partial charge in [0.25, 0.3) is 0 Å². The monoisotopic (exact) mass is 220 g/mol. The lowest BCUT2D eigenvalue weighted by Gasteiger charge is -2.26. The van der Waals surface area contributed by atoms with Gasteiger partial charge in [-0.25, -0.2) is 0 Å². The normalized spacial score (nSPS) is 25.2. The van der Waals surface area contributed by atoms with Crippen LogP contribution in [0.3, 0.4) is 0 Å². The van der Waals surface area contributed by atoms with E-state index in [4.69, 9.17) is 0 Å². The first-order valence-electron chi connectivity index (χ1n) is 6.05. The number of aliphatic hydroxyl groups is 1. The molecular weight excluding hydrogens is 200 g/mol. The number of aromatic nitrogens is 1. The van der Waals surface area contributed by atoms with Crippen molar-refractivity contribution in [3.8, 4) is 0 Å². The third-order valence-corrected chi connectivity index (χ3v) is 3.46. The predicted molar refractivity (Wildman–Crippen MR) is 64.2 cm³/mol. The highest BCUT2D eigenvalue weighted by atomic mass is 16.3. The lowest BCUT2D eigenvalue weighted by Crippen LogP contribution is -2.38. The van der Waals surface area contributed by atoms with Gasteiger partial charge in [0.1, 0.15) is 0 Å². The third kappa shape index (κ3) is 2.80. The van der Waals surface area contributed by atoms with Crippen molar-refractivity contribution in [2.75, 3.05) is 13.6 Å². The molecule has 1 saturated carbocycles. The first-order chi connectivity index (χ1) is 7.77. The molecule has 1 fully saturated rings. The van der Waals surface area contributed by atoms with Gasteiger partial charge in [0, 0.05) is 30.9 Å². The van der Waals surface area contributed by atoms with Crippen LogP contribution in [0.15, 0.2) is 24.4 Å². The van der Waals surface area contributed by atoms with Crippen molar-refractivity contribution in [3.63, 3.8) is 0 Å². The topological polar surface area (TPSA) is 36.4 Å². The summed E-state index contributed by atoms with van der Waals surface area (Å²) in [5.41, 5.74) is 1.13. The average Bonchev–Trinajstić information content (AvgIpc) is 2.74.